The molecule has 1 aliphatic heterocycles. The highest BCUT2D eigenvalue weighted by Gasteiger charge is 2.25. The Balaban J connectivity index is 1.58. The van der Waals surface area contributed by atoms with Gasteiger partial charge >= 0.3 is 12.5 Å². The van der Waals surface area contributed by atoms with Gasteiger partial charge in [-0.2, -0.15) is 20.5 Å². The molecule has 1 aliphatic rings. The molecule has 0 N–H and O–H groups in total. The molecule has 2 aromatic carbocycles. The number of halogens is 2. The Morgan fingerprint density at radius 3 is 2.26 bits per heavy atom. The van der Waals surface area contributed by atoms with E-state index in [4.69, 9.17) is 4.42 Å². The van der Waals surface area contributed by atoms with Gasteiger partial charge in [0.05, 0.1) is 6.54 Å². The summed E-state index contributed by atoms with van der Waals surface area (Å²) in [6, 6.07) is 15.3. The molecule has 1 fully saturated rings. The number of carbonyl (C=O) groups is 1. The number of nitrogens with zero attached hydrogens (tertiary/aromatic N) is 4. The predicted molar refractivity (Wildman–Crippen MR) is 130 cm³/mol. The third kappa shape index (κ3) is 5.58. The zero-order valence-corrected chi connectivity index (χ0v) is 20.3. The minimum atomic E-state index is -2.81. The lowest BCUT2D eigenvalue weighted by Crippen LogP contribution is -2.46. The molecule has 9 heteroatoms. The Kier molecular flexibility index (Phi) is 7.21. The van der Waals surface area contributed by atoms with Gasteiger partial charge < -0.3 is 9.32 Å². The van der Waals surface area contributed by atoms with E-state index in [2.05, 4.69) is 43.1 Å². The number of amides is 2. The quantitative estimate of drug-likeness (QED) is 0.433. The van der Waals surface area contributed by atoms with E-state index in [9.17, 15) is 13.6 Å². The van der Waals surface area contributed by atoms with Crippen LogP contribution >= 0.6 is 11.8 Å². The monoisotopic (exact) mass is 486 g/mol. The third-order valence-electron chi connectivity index (χ3n) is 5.73. The van der Waals surface area contributed by atoms with Gasteiger partial charge in [0, 0.05) is 35.8 Å². The first-order chi connectivity index (χ1) is 16.2. The zero-order chi connectivity index (χ0) is 24.3. The van der Waals surface area contributed by atoms with E-state index in [1.165, 1.54) is 5.56 Å². The second-order valence-electron chi connectivity index (χ2n) is 9.21. The average Bonchev–Trinajstić information content (AvgIpc) is 3.33. The largest absolute Gasteiger partial charge is 0.415 e. The summed E-state index contributed by atoms with van der Waals surface area (Å²) in [6.45, 7) is 8.30. The molecule has 2 heterocycles. The van der Waals surface area contributed by atoms with E-state index < -0.39 is 12.3 Å². The lowest BCUT2D eigenvalue weighted by Gasteiger charge is -2.33. The Morgan fingerprint density at radius 1 is 1.06 bits per heavy atom. The van der Waals surface area contributed by atoms with Crippen molar-refractivity contribution in [1.29, 1.82) is 0 Å². The lowest BCUT2D eigenvalue weighted by molar-refractivity contribution is 0.116. The molecule has 34 heavy (non-hydrogen) atoms. The molecule has 1 aromatic heterocycles. The number of hydrogen-bond acceptors (Lipinski definition) is 5. The highest BCUT2D eigenvalue weighted by molar-refractivity contribution is 7.99. The normalized spacial score (nSPS) is 14.5. The van der Waals surface area contributed by atoms with Crippen LogP contribution in [0.1, 0.15) is 44.2 Å². The van der Waals surface area contributed by atoms with Gasteiger partial charge in [-0.15, -0.1) is 10.2 Å². The fourth-order valence-corrected chi connectivity index (χ4v) is 4.61. The van der Waals surface area contributed by atoms with Gasteiger partial charge in [0.1, 0.15) is 0 Å². The Labute approximate surface area is 202 Å². The van der Waals surface area contributed by atoms with Crippen LogP contribution in [-0.4, -0.2) is 45.7 Å². The fourth-order valence-electron chi connectivity index (χ4n) is 3.71. The van der Waals surface area contributed by atoms with E-state index in [1.807, 2.05) is 40.9 Å². The zero-order valence-electron chi connectivity index (χ0n) is 19.5. The summed E-state index contributed by atoms with van der Waals surface area (Å²) in [5.74, 6) is 1.21. The topological polar surface area (TPSA) is 62.5 Å². The van der Waals surface area contributed by atoms with Crippen molar-refractivity contribution >= 4 is 23.5 Å². The smallest absolute Gasteiger partial charge is 0.324 e. The molecule has 0 aliphatic carbocycles. The highest BCUT2D eigenvalue weighted by atomic mass is 32.2. The van der Waals surface area contributed by atoms with E-state index >= 15 is 0 Å². The van der Waals surface area contributed by atoms with Gasteiger partial charge in [-0.3, -0.25) is 4.90 Å². The van der Waals surface area contributed by atoms with Gasteiger partial charge in [0.2, 0.25) is 5.89 Å². The van der Waals surface area contributed by atoms with Crippen LogP contribution in [-0.2, 0) is 12.0 Å². The first-order valence-corrected chi connectivity index (χ1v) is 12.3. The molecule has 0 atom stereocenters. The number of rotatable bonds is 5. The van der Waals surface area contributed by atoms with Crippen molar-refractivity contribution in [1.82, 2.24) is 15.1 Å². The predicted octanol–water partition coefficient (Wildman–Crippen LogP) is 6.15. The number of hydrogen-bond donors (Lipinski definition) is 0. The van der Waals surface area contributed by atoms with Crippen molar-refractivity contribution in [3.8, 4) is 11.5 Å². The number of carbonyl (C=O) groups excluding carboxylic acids is 1. The molecular weight excluding hydrogens is 458 g/mol. The van der Waals surface area contributed by atoms with Crippen molar-refractivity contribution in [2.75, 3.05) is 29.5 Å². The standard InChI is InChI=1S/C25H28F2N4O2S/c1-25(2,3)19-8-10-20(11-9-19)31(24(32)30-12-14-34-15-13-30)16-17-4-6-18(7-5-17)22-28-29-23(33-22)21(26)27/h4-11,21H,12-16H2,1-3H3. The highest BCUT2D eigenvalue weighted by Crippen LogP contribution is 2.28. The van der Waals surface area contributed by atoms with E-state index in [0.29, 0.717) is 12.1 Å². The molecule has 6 nitrogen and oxygen atoms in total. The summed E-state index contributed by atoms with van der Waals surface area (Å²) >= 11 is 1.86. The van der Waals surface area contributed by atoms with Crippen molar-refractivity contribution in [3.63, 3.8) is 0 Å². The number of benzene rings is 2. The van der Waals surface area contributed by atoms with Gasteiger partial charge in [0.15, 0.2) is 0 Å². The van der Waals surface area contributed by atoms with Gasteiger partial charge in [-0.05, 0) is 40.8 Å². The van der Waals surface area contributed by atoms with E-state index in [0.717, 1.165) is 35.8 Å². The second-order valence-corrected chi connectivity index (χ2v) is 10.4. The maximum Gasteiger partial charge on any atom is 0.324 e. The molecule has 0 spiro atoms. The summed E-state index contributed by atoms with van der Waals surface area (Å²) < 4.78 is 30.5. The van der Waals surface area contributed by atoms with Crippen molar-refractivity contribution in [2.24, 2.45) is 0 Å². The third-order valence-corrected chi connectivity index (χ3v) is 6.67. The Hall–Kier alpha value is -2.94. The van der Waals surface area contributed by atoms with Crippen molar-refractivity contribution < 1.29 is 18.0 Å². The van der Waals surface area contributed by atoms with Crippen LogP contribution in [0.25, 0.3) is 11.5 Å². The maximum atomic E-state index is 13.5. The summed E-state index contributed by atoms with van der Waals surface area (Å²) in [5, 5.41) is 7.07. The van der Waals surface area contributed by atoms with Crippen LogP contribution in [0.2, 0.25) is 0 Å². The van der Waals surface area contributed by atoms with Crippen LogP contribution in [0.5, 0.6) is 0 Å². The number of anilines is 1. The molecule has 0 bridgehead atoms. The average molecular weight is 487 g/mol. The molecule has 180 valence electrons. The minimum Gasteiger partial charge on any atom is -0.415 e. The van der Waals surface area contributed by atoms with Gasteiger partial charge in [-0.25, -0.2) is 4.79 Å². The second kappa shape index (κ2) is 10.1. The minimum absolute atomic E-state index is 0.0201. The first kappa shape index (κ1) is 24.2. The maximum absolute atomic E-state index is 13.5. The molecule has 0 unspecified atom stereocenters. The Morgan fingerprint density at radius 2 is 1.71 bits per heavy atom. The fraction of sp³-hybridized carbons (Fsp3) is 0.400. The molecule has 0 radical (unpaired) electrons. The molecular formula is C25H28F2N4O2S. The summed E-state index contributed by atoms with van der Waals surface area (Å²) in [7, 11) is 0. The summed E-state index contributed by atoms with van der Waals surface area (Å²) in [4.78, 5) is 17.2. The molecule has 1 saturated heterocycles. The van der Waals surface area contributed by atoms with Crippen molar-refractivity contribution in [2.45, 2.75) is 39.2 Å². The SMILES string of the molecule is CC(C)(C)c1ccc(N(Cc2ccc(-c3nnc(C(F)F)o3)cc2)C(=O)N2CCSCC2)cc1. The summed E-state index contributed by atoms with van der Waals surface area (Å²) in [6.07, 6.45) is -2.81. The van der Waals surface area contributed by atoms with Crippen LogP contribution in [0, 0.1) is 0 Å². The summed E-state index contributed by atoms with van der Waals surface area (Å²) in [5.41, 5.74) is 3.50. The van der Waals surface area contributed by atoms with E-state index in [-0.39, 0.29) is 17.3 Å². The number of urea groups is 1. The van der Waals surface area contributed by atoms with E-state index in [1.54, 1.807) is 17.0 Å². The number of thioether (sulfide) groups is 1. The van der Waals surface area contributed by atoms with Crippen molar-refractivity contribution in [3.05, 3.63) is 65.5 Å². The lowest BCUT2D eigenvalue weighted by atomic mass is 9.87. The molecule has 2 amide bonds. The van der Waals surface area contributed by atoms with Crippen LogP contribution < -0.4 is 4.90 Å². The van der Waals surface area contributed by atoms with Gasteiger partial charge in [-0.1, -0.05) is 45.0 Å². The van der Waals surface area contributed by atoms with Gasteiger partial charge in [0.25, 0.3) is 5.89 Å². The molecule has 0 saturated carbocycles. The van der Waals surface area contributed by atoms with Crippen LogP contribution in [0.3, 0.4) is 0 Å². The van der Waals surface area contributed by atoms with Crippen LogP contribution in [0.4, 0.5) is 19.3 Å². The van der Waals surface area contributed by atoms with Crippen LogP contribution in [0.15, 0.2) is 52.9 Å². The number of aromatic nitrogens is 2. The molecule has 3 aromatic rings. The Bertz CT molecular complexity index is 1110. The number of alkyl halides is 2. The first-order valence-electron chi connectivity index (χ1n) is 11.2. The molecule has 4 rings (SSSR count).